The molecule has 11 heavy (non-hydrogen) atoms. The summed E-state index contributed by atoms with van der Waals surface area (Å²) in [5, 5.41) is 3.48. The topological polar surface area (TPSA) is 85.3 Å². The number of aromatic nitrogens is 2. The van der Waals surface area contributed by atoms with Crippen LogP contribution < -0.4 is 11.2 Å². The number of nitrogens with zero attached hydrogens (tertiary/aromatic N) is 3. The van der Waals surface area contributed by atoms with Crippen LogP contribution in [-0.4, -0.2) is 21.9 Å². The second-order valence-electron chi connectivity index (χ2n) is 1.69. The highest BCUT2D eigenvalue weighted by Gasteiger charge is 1.91. The van der Waals surface area contributed by atoms with Gasteiger partial charge in [-0.05, 0) is 0 Å². The van der Waals surface area contributed by atoms with E-state index in [0.717, 1.165) is 0 Å². The fourth-order valence-electron chi connectivity index (χ4n) is 0.545. The molecule has 0 saturated heterocycles. The van der Waals surface area contributed by atoms with E-state index in [2.05, 4.69) is 15.5 Å². The van der Waals surface area contributed by atoms with Crippen molar-refractivity contribution in [2.75, 3.05) is 0 Å². The van der Waals surface area contributed by atoms with Crippen molar-refractivity contribution in [2.24, 2.45) is 10.8 Å². The third-order valence-corrected chi connectivity index (χ3v) is 1.00. The molecule has 0 aliphatic rings. The van der Waals surface area contributed by atoms with E-state index < -0.39 is 0 Å². The first-order chi connectivity index (χ1) is 5.34. The van der Waals surface area contributed by atoms with Crippen molar-refractivity contribution < 1.29 is 4.79 Å². The zero-order valence-electron chi connectivity index (χ0n) is 5.64. The quantitative estimate of drug-likeness (QED) is 0.240. The van der Waals surface area contributed by atoms with Gasteiger partial charge in [-0.1, -0.05) is 0 Å². The van der Waals surface area contributed by atoms with Crippen molar-refractivity contribution in [1.82, 2.24) is 15.0 Å². The van der Waals surface area contributed by atoms with Gasteiger partial charge in [0, 0.05) is 12.4 Å². The summed E-state index contributed by atoms with van der Waals surface area (Å²) in [5.41, 5.74) is 7.45. The summed E-state index contributed by atoms with van der Waals surface area (Å²) in [6.07, 6.45) is 5.09. The molecule has 6 nitrogen and oxygen atoms in total. The fourth-order valence-corrected chi connectivity index (χ4v) is 0.545. The number of hydrogen-bond acceptors (Lipinski definition) is 3. The molecule has 1 aromatic heterocycles. The minimum atomic E-state index is 0.162. The molecule has 0 aliphatic heterocycles. The molecule has 0 aromatic carbocycles. The van der Waals surface area contributed by atoms with Gasteiger partial charge in [-0.2, -0.15) is 0 Å². The number of rotatable bonds is 2. The van der Waals surface area contributed by atoms with E-state index in [4.69, 9.17) is 5.73 Å². The number of hydrogen-bond donors (Lipinski definition) is 2. The molecule has 0 saturated carbocycles. The van der Waals surface area contributed by atoms with Gasteiger partial charge in [-0.15, -0.1) is 5.10 Å². The zero-order chi connectivity index (χ0) is 8.10. The molecule has 0 aliphatic carbocycles. The molecule has 3 N–H and O–H groups in total. The van der Waals surface area contributed by atoms with Crippen LogP contribution in [0, 0.1) is 0 Å². The number of hydrazone groups is 1. The Kier molecular flexibility index (Phi) is 2.21. The van der Waals surface area contributed by atoms with Crippen molar-refractivity contribution in [1.29, 1.82) is 0 Å². The normalized spacial score (nSPS) is 11.1. The largest absolute Gasteiger partial charge is 0.368 e. The van der Waals surface area contributed by atoms with E-state index in [1.54, 1.807) is 12.4 Å². The van der Waals surface area contributed by atoms with Crippen LogP contribution in [0.1, 0.15) is 0 Å². The van der Waals surface area contributed by atoms with Crippen LogP contribution >= 0.6 is 0 Å². The summed E-state index contributed by atoms with van der Waals surface area (Å²) in [6.45, 7) is 0. The second-order valence-corrected chi connectivity index (χ2v) is 1.69. The molecular formula is C5H7N5O. The van der Waals surface area contributed by atoms with Gasteiger partial charge >= 0.3 is 0 Å². The van der Waals surface area contributed by atoms with E-state index in [-0.39, 0.29) is 5.96 Å². The van der Waals surface area contributed by atoms with Gasteiger partial charge in [-0.3, -0.25) is 9.36 Å². The minimum Gasteiger partial charge on any atom is -0.368 e. The fraction of sp³-hybridized carbons (Fsp3) is 0. The highest BCUT2D eigenvalue weighted by Crippen LogP contribution is 1.80. The molecule has 0 fully saturated rings. The molecule has 1 aromatic rings. The lowest BCUT2D eigenvalue weighted by atomic mass is 10.8. The first-order valence-electron chi connectivity index (χ1n) is 2.85. The third-order valence-electron chi connectivity index (χ3n) is 1.00. The van der Waals surface area contributed by atoms with E-state index in [1.165, 1.54) is 10.9 Å². The van der Waals surface area contributed by atoms with E-state index >= 15 is 0 Å². The number of nitrogens with two attached hydrogens (primary N) is 1. The van der Waals surface area contributed by atoms with Gasteiger partial charge < -0.3 is 5.73 Å². The average Bonchev–Trinajstić information content (AvgIpc) is 2.52. The van der Waals surface area contributed by atoms with Crippen molar-refractivity contribution in [3.05, 3.63) is 18.7 Å². The molecule has 58 valence electrons. The van der Waals surface area contributed by atoms with Crippen LogP contribution in [0.2, 0.25) is 0 Å². The summed E-state index contributed by atoms with van der Waals surface area (Å²) < 4.78 is 1.47. The summed E-state index contributed by atoms with van der Waals surface area (Å²) in [6, 6.07) is 0. The van der Waals surface area contributed by atoms with Crippen molar-refractivity contribution in [3.8, 4) is 0 Å². The van der Waals surface area contributed by atoms with E-state index in [9.17, 15) is 4.79 Å². The first-order valence-corrected chi connectivity index (χ1v) is 2.85. The first kappa shape index (κ1) is 7.26. The van der Waals surface area contributed by atoms with Gasteiger partial charge in [0.25, 0.3) is 0 Å². The molecule has 0 atom stereocenters. The summed E-state index contributed by atoms with van der Waals surface area (Å²) in [5.74, 6) is 0.162. The van der Waals surface area contributed by atoms with Crippen LogP contribution in [0.5, 0.6) is 0 Å². The number of amides is 1. The Labute approximate surface area is 62.7 Å². The predicted molar refractivity (Wildman–Crippen MR) is 38.4 cm³/mol. The minimum absolute atomic E-state index is 0.162. The van der Waals surface area contributed by atoms with Gasteiger partial charge in [0.05, 0.1) is 0 Å². The maximum Gasteiger partial charge on any atom is 0.227 e. The maximum absolute atomic E-state index is 9.78. The molecule has 6 heteroatoms. The Morgan fingerprint density at radius 2 is 2.64 bits per heavy atom. The van der Waals surface area contributed by atoms with Crippen LogP contribution in [-0.2, 0) is 4.79 Å². The van der Waals surface area contributed by atoms with Gasteiger partial charge in [0.1, 0.15) is 6.33 Å². The van der Waals surface area contributed by atoms with Crippen molar-refractivity contribution in [3.63, 3.8) is 0 Å². The standard InChI is InChI=1S/C5H7N5O/c6-5(9-8-4-11)10-2-1-7-3-10/h1-4H,(H2,6,9)(H,8,11). The number of carbonyl (C=O) groups excluding carboxylic acids is 1. The second kappa shape index (κ2) is 3.35. The zero-order valence-corrected chi connectivity index (χ0v) is 5.64. The van der Waals surface area contributed by atoms with E-state index in [0.29, 0.717) is 6.41 Å². The molecule has 1 heterocycles. The van der Waals surface area contributed by atoms with Gasteiger partial charge in [-0.25, -0.2) is 10.4 Å². The highest BCUT2D eigenvalue weighted by atomic mass is 16.1. The molecule has 0 spiro atoms. The lowest BCUT2D eigenvalue weighted by molar-refractivity contribution is -0.109. The molecule has 1 rings (SSSR count). The molecular weight excluding hydrogens is 146 g/mol. The summed E-state index contributed by atoms with van der Waals surface area (Å²) >= 11 is 0. The van der Waals surface area contributed by atoms with Crippen LogP contribution in [0.15, 0.2) is 23.8 Å². The lowest BCUT2D eigenvalue weighted by Crippen LogP contribution is -2.24. The highest BCUT2D eigenvalue weighted by molar-refractivity contribution is 5.80. The Morgan fingerprint density at radius 1 is 1.82 bits per heavy atom. The number of imidazole rings is 1. The third kappa shape index (κ3) is 1.78. The van der Waals surface area contributed by atoms with Crippen molar-refractivity contribution >= 4 is 12.4 Å². The predicted octanol–water partition coefficient (Wildman–Crippen LogP) is -1.29. The van der Waals surface area contributed by atoms with Crippen molar-refractivity contribution in [2.45, 2.75) is 0 Å². The van der Waals surface area contributed by atoms with Gasteiger partial charge in [0.2, 0.25) is 12.4 Å². The SMILES string of the molecule is N/C(=N\NC=O)n1ccnc1. The van der Waals surface area contributed by atoms with Gasteiger partial charge in [0.15, 0.2) is 0 Å². The Bertz CT molecular complexity index is 252. The monoisotopic (exact) mass is 153 g/mol. The molecule has 0 unspecified atom stereocenters. The number of carbonyl (C=O) groups is 1. The molecule has 1 amide bonds. The molecule has 0 radical (unpaired) electrons. The smallest absolute Gasteiger partial charge is 0.227 e. The van der Waals surface area contributed by atoms with Crippen LogP contribution in [0.4, 0.5) is 0 Å². The maximum atomic E-state index is 9.78. The summed E-state index contributed by atoms with van der Waals surface area (Å²) in [7, 11) is 0. The average molecular weight is 153 g/mol. The number of nitrogens with one attached hydrogen (secondary N) is 1. The lowest BCUT2D eigenvalue weighted by Gasteiger charge is -1.97. The Morgan fingerprint density at radius 3 is 3.18 bits per heavy atom. The van der Waals surface area contributed by atoms with Crippen LogP contribution in [0.25, 0.3) is 0 Å². The Hall–Kier alpha value is -1.85. The van der Waals surface area contributed by atoms with E-state index in [1.807, 2.05) is 0 Å². The Balaban J connectivity index is 2.68. The summed E-state index contributed by atoms with van der Waals surface area (Å²) in [4.78, 5) is 13.5. The van der Waals surface area contributed by atoms with Crippen LogP contribution in [0.3, 0.4) is 0 Å². The molecule has 0 bridgehead atoms.